The lowest BCUT2D eigenvalue weighted by Gasteiger charge is -2.15. The van der Waals surface area contributed by atoms with Crippen LogP contribution in [-0.4, -0.2) is 66.9 Å². The quantitative estimate of drug-likeness (QED) is 0.206. The molecule has 1 aromatic heterocycles. The predicted molar refractivity (Wildman–Crippen MR) is 124 cm³/mol. The summed E-state index contributed by atoms with van der Waals surface area (Å²) in [7, 11) is 5.46. The number of amides is 1. The van der Waals surface area contributed by atoms with Crippen LogP contribution in [0.25, 0.3) is 0 Å². The fraction of sp³-hybridized carbons (Fsp3) is 0.737. The maximum Gasteiger partial charge on any atom is 0.241 e. The predicted octanol–water partition coefficient (Wildman–Crippen LogP) is 1.71. The third-order valence-electron chi connectivity index (χ3n) is 4.29. The molecule has 8 nitrogen and oxygen atoms in total. The Morgan fingerprint density at radius 1 is 1.21 bits per heavy atom. The van der Waals surface area contributed by atoms with E-state index < -0.39 is 0 Å². The van der Waals surface area contributed by atoms with E-state index in [1.165, 1.54) is 11.3 Å². The van der Waals surface area contributed by atoms with Crippen LogP contribution in [0.2, 0.25) is 0 Å². The van der Waals surface area contributed by atoms with Gasteiger partial charge in [-0.2, -0.15) is 5.10 Å². The number of carbonyl (C=O) groups excluding carboxylic acids is 1. The number of hydrogen-bond donors (Lipinski definition) is 2. The molecule has 0 aliphatic heterocycles. The van der Waals surface area contributed by atoms with Gasteiger partial charge in [0.2, 0.25) is 5.91 Å². The summed E-state index contributed by atoms with van der Waals surface area (Å²) in [6, 6.07) is 0. The average molecular weight is 508 g/mol. The Morgan fingerprint density at radius 2 is 1.93 bits per heavy atom. The van der Waals surface area contributed by atoms with Crippen molar-refractivity contribution in [1.82, 2.24) is 25.3 Å². The number of hydrogen-bond acceptors (Lipinski definition) is 4. The molecule has 9 heteroatoms. The van der Waals surface area contributed by atoms with E-state index in [0.717, 1.165) is 38.1 Å². The van der Waals surface area contributed by atoms with Crippen LogP contribution < -0.4 is 10.6 Å². The molecule has 0 radical (unpaired) electrons. The number of aliphatic imine (C=N–C) groups is 1. The van der Waals surface area contributed by atoms with Gasteiger partial charge in [-0.25, -0.2) is 4.99 Å². The van der Waals surface area contributed by atoms with Crippen molar-refractivity contribution in [2.75, 3.05) is 40.4 Å². The van der Waals surface area contributed by atoms with Crippen LogP contribution in [0, 0.1) is 0 Å². The largest absolute Gasteiger partial charge is 0.382 e. The molecule has 0 atom stereocenters. The lowest BCUT2D eigenvalue weighted by Crippen LogP contribution is -2.43. The molecule has 0 spiro atoms. The highest BCUT2D eigenvalue weighted by Crippen LogP contribution is 2.16. The van der Waals surface area contributed by atoms with Crippen molar-refractivity contribution < 1.29 is 9.53 Å². The third kappa shape index (κ3) is 8.76. The molecule has 0 fully saturated rings. The van der Waals surface area contributed by atoms with Gasteiger partial charge in [-0.05, 0) is 26.2 Å². The summed E-state index contributed by atoms with van der Waals surface area (Å²) >= 11 is 0. The molecule has 1 aromatic rings. The summed E-state index contributed by atoms with van der Waals surface area (Å²) in [6.45, 7) is 9.12. The summed E-state index contributed by atoms with van der Waals surface area (Å²) in [5.74, 6) is 0.637. The van der Waals surface area contributed by atoms with Crippen molar-refractivity contribution in [3.63, 3.8) is 0 Å². The number of carbonyl (C=O) groups is 1. The van der Waals surface area contributed by atoms with E-state index in [-0.39, 0.29) is 36.4 Å². The first-order chi connectivity index (χ1) is 12.9. The fourth-order valence-corrected chi connectivity index (χ4v) is 2.75. The molecule has 0 saturated carbocycles. The van der Waals surface area contributed by atoms with Gasteiger partial charge in [-0.3, -0.25) is 9.48 Å². The Bertz CT molecular complexity index is 616. The minimum absolute atomic E-state index is 0. The highest BCUT2D eigenvalue weighted by molar-refractivity contribution is 14.0. The average Bonchev–Trinajstić information content (AvgIpc) is 2.97. The van der Waals surface area contributed by atoms with Gasteiger partial charge in [0.1, 0.15) is 0 Å². The molecular formula is C19H37IN6O2. The van der Waals surface area contributed by atoms with E-state index in [2.05, 4.69) is 29.6 Å². The highest BCUT2D eigenvalue weighted by Gasteiger charge is 2.13. The van der Waals surface area contributed by atoms with E-state index in [0.29, 0.717) is 19.1 Å². The first-order valence-electron chi connectivity index (χ1n) is 9.78. The second-order valence-corrected chi connectivity index (χ2v) is 6.49. The molecule has 0 aliphatic carbocycles. The number of guanidine groups is 1. The molecule has 1 rings (SSSR count). The van der Waals surface area contributed by atoms with Crippen LogP contribution in [-0.2, 0) is 36.0 Å². The Kier molecular flexibility index (Phi) is 13.9. The first-order valence-corrected chi connectivity index (χ1v) is 9.78. The van der Waals surface area contributed by atoms with Crippen LogP contribution in [0.1, 0.15) is 44.1 Å². The summed E-state index contributed by atoms with van der Waals surface area (Å²) in [5, 5.41) is 11.0. The molecule has 162 valence electrons. The number of halogens is 1. The number of nitrogens with zero attached hydrogens (tertiary/aromatic N) is 4. The monoisotopic (exact) mass is 508 g/mol. The summed E-state index contributed by atoms with van der Waals surface area (Å²) in [5.41, 5.74) is 3.46. The zero-order valence-electron chi connectivity index (χ0n) is 18.2. The Morgan fingerprint density at radius 3 is 2.50 bits per heavy atom. The number of aryl methyl sites for hydroxylation is 2. The minimum atomic E-state index is 0. The highest BCUT2D eigenvalue weighted by atomic mass is 127. The van der Waals surface area contributed by atoms with Gasteiger partial charge in [0, 0.05) is 52.2 Å². The van der Waals surface area contributed by atoms with Gasteiger partial charge in [-0.1, -0.05) is 13.8 Å². The van der Waals surface area contributed by atoms with Crippen LogP contribution in [0.15, 0.2) is 4.99 Å². The Labute approximate surface area is 186 Å². The van der Waals surface area contributed by atoms with Crippen molar-refractivity contribution in [2.45, 2.75) is 46.6 Å². The maximum absolute atomic E-state index is 11.9. The van der Waals surface area contributed by atoms with Crippen LogP contribution in [0.3, 0.4) is 0 Å². The smallest absolute Gasteiger partial charge is 0.241 e. The normalized spacial score (nSPS) is 11.1. The molecule has 0 aliphatic rings. The van der Waals surface area contributed by atoms with Crippen LogP contribution in [0.4, 0.5) is 0 Å². The van der Waals surface area contributed by atoms with Crippen molar-refractivity contribution in [1.29, 1.82) is 0 Å². The number of ether oxygens (including phenoxy) is 1. The zero-order valence-corrected chi connectivity index (χ0v) is 20.5. The summed E-state index contributed by atoms with van der Waals surface area (Å²) in [6.07, 6.45) is 2.67. The van der Waals surface area contributed by atoms with Crippen molar-refractivity contribution in [2.24, 2.45) is 12.0 Å². The molecule has 1 amide bonds. The zero-order chi connectivity index (χ0) is 20.2. The van der Waals surface area contributed by atoms with Gasteiger partial charge in [0.25, 0.3) is 0 Å². The van der Waals surface area contributed by atoms with E-state index in [1.807, 2.05) is 18.7 Å². The standard InChI is InChI=1S/C19H36N6O2.HI/c1-7-16-15(17(8-2)25(6)23-16)13-21-19(20-11-10-12-27-9-3)22-14-18(26)24(4)5;/h7-14H2,1-6H3,(H2,20,21,22);1H. The second kappa shape index (κ2) is 14.6. The van der Waals surface area contributed by atoms with Gasteiger partial charge in [-0.15, -0.1) is 24.0 Å². The van der Waals surface area contributed by atoms with Gasteiger partial charge in [0.05, 0.1) is 18.8 Å². The molecule has 0 aromatic carbocycles. The lowest BCUT2D eigenvalue weighted by molar-refractivity contribution is -0.127. The van der Waals surface area contributed by atoms with Crippen LogP contribution in [0.5, 0.6) is 0 Å². The second-order valence-electron chi connectivity index (χ2n) is 6.49. The molecular weight excluding hydrogens is 471 g/mol. The minimum Gasteiger partial charge on any atom is -0.382 e. The summed E-state index contributed by atoms with van der Waals surface area (Å²) in [4.78, 5) is 18.2. The molecule has 0 unspecified atom stereocenters. The number of likely N-dealkylation sites (N-methyl/N-ethyl adjacent to an activating group) is 1. The number of rotatable bonds is 11. The van der Waals surface area contributed by atoms with Crippen LogP contribution >= 0.6 is 24.0 Å². The third-order valence-corrected chi connectivity index (χ3v) is 4.29. The maximum atomic E-state index is 11.9. The van der Waals surface area contributed by atoms with Crippen molar-refractivity contribution >= 4 is 35.8 Å². The molecule has 2 N–H and O–H groups in total. The number of aromatic nitrogens is 2. The lowest BCUT2D eigenvalue weighted by atomic mass is 10.1. The van der Waals surface area contributed by atoms with E-state index in [4.69, 9.17) is 9.73 Å². The Hall–Kier alpha value is -1.36. The summed E-state index contributed by atoms with van der Waals surface area (Å²) < 4.78 is 7.31. The number of nitrogens with one attached hydrogen (secondary N) is 2. The first kappa shape index (κ1) is 26.6. The SMILES string of the molecule is CCOCCCNC(=NCc1c(CC)nn(C)c1CC)NCC(=O)N(C)C.I. The van der Waals surface area contributed by atoms with Gasteiger partial charge in [0.15, 0.2) is 5.96 Å². The van der Waals surface area contributed by atoms with Gasteiger partial charge >= 0.3 is 0 Å². The fourth-order valence-electron chi connectivity index (χ4n) is 2.75. The van der Waals surface area contributed by atoms with E-state index in [1.54, 1.807) is 19.0 Å². The van der Waals surface area contributed by atoms with E-state index in [9.17, 15) is 4.79 Å². The topological polar surface area (TPSA) is 83.8 Å². The Balaban J connectivity index is 0.00000729. The molecule has 0 bridgehead atoms. The van der Waals surface area contributed by atoms with Gasteiger partial charge < -0.3 is 20.3 Å². The molecule has 28 heavy (non-hydrogen) atoms. The van der Waals surface area contributed by atoms with Crippen molar-refractivity contribution in [3.8, 4) is 0 Å². The molecule has 0 saturated heterocycles. The van der Waals surface area contributed by atoms with E-state index >= 15 is 0 Å². The molecule has 1 heterocycles. The van der Waals surface area contributed by atoms with Crippen molar-refractivity contribution in [3.05, 3.63) is 17.0 Å².